The smallest absolute Gasteiger partial charge is 0.196 e. The highest BCUT2D eigenvalue weighted by Crippen LogP contribution is 2.39. The maximum Gasteiger partial charge on any atom is 0.196 e. The Morgan fingerprint density at radius 3 is 2.53 bits per heavy atom. The molecule has 1 aromatic heterocycles. The molecule has 0 aliphatic carbocycles. The Hall–Kier alpha value is -0.370. The van der Waals surface area contributed by atoms with Crippen molar-refractivity contribution in [3.63, 3.8) is 0 Å². The van der Waals surface area contributed by atoms with E-state index in [1.807, 2.05) is 6.92 Å². The number of thiocarbonyl (C=S) groups is 1. The summed E-state index contributed by atoms with van der Waals surface area (Å²) in [5, 5.41) is 0.0225. The van der Waals surface area contributed by atoms with Crippen molar-refractivity contribution >= 4 is 60.7 Å². The second kappa shape index (κ2) is 7.15. The summed E-state index contributed by atoms with van der Waals surface area (Å²) >= 11 is 9.17. The number of aromatic nitrogens is 2. The van der Waals surface area contributed by atoms with E-state index in [0.29, 0.717) is 9.89 Å². The van der Waals surface area contributed by atoms with Crippen LogP contribution in [-0.4, -0.2) is 19.3 Å². The van der Waals surface area contributed by atoms with Crippen molar-refractivity contribution in [2.45, 2.75) is 13.8 Å². The molecule has 0 saturated carbocycles. The van der Waals surface area contributed by atoms with Crippen LogP contribution in [0.4, 0.5) is 0 Å². The van der Waals surface area contributed by atoms with Crippen LogP contribution in [0.2, 0.25) is 0 Å². The van der Waals surface area contributed by atoms with Crippen LogP contribution in [0, 0.1) is 0 Å². The van der Waals surface area contributed by atoms with Gasteiger partial charge in [-0.3, -0.25) is 14.8 Å². The monoisotopic (exact) mass is 302 g/mol. The van der Waals surface area contributed by atoms with E-state index in [-0.39, 0.29) is 5.12 Å². The van der Waals surface area contributed by atoms with Gasteiger partial charge in [-0.15, -0.1) is 12.6 Å². The Balaban J connectivity index is 3.08. The summed E-state index contributed by atoms with van der Waals surface area (Å²) < 4.78 is 0.488. The molecule has 1 rings (SSSR count). The quantitative estimate of drug-likeness (QED) is 0.398. The van der Waals surface area contributed by atoms with E-state index in [1.165, 1.54) is 17.7 Å². The third-order valence-corrected chi connectivity index (χ3v) is 4.80. The second-order valence-electron chi connectivity index (χ2n) is 3.01. The molecule has 1 heterocycles. The maximum absolute atomic E-state index is 11.0. The highest BCUT2D eigenvalue weighted by Gasteiger charge is 2.12. The van der Waals surface area contributed by atoms with Crippen LogP contribution in [0.1, 0.15) is 19.5 Å². The standard InChI is InChI=1S/C10H10N2OS4/c1-6(10(14)15)9(17-16-7(2)13)8-5-11-3-4-12-8/h3-5H,1-2H3,(H,14,15)/b9-6-. The molecule has 0 N–H and O–H groups in total. The zero-order valence-corrected chi connectivity index (χ0v) is 12.6. The van der Waals surface area contributed by atoms with Crippen molar-refractivity contribution in [1.82, 2.24) is 9.97 Å². The first-order chi connectivity index (χ1) is 8.02. The lowest BCUT2D eigenvalue weighted by molar-refractivity contribution is -0.109. The molecule has 0 aromatic carbocycles. The molecule has 0 spiro atoms. The van der Waals surface area contributed by atoms with Crippen LogP contribution in [0.5, 0.6) is 0 Å². The lowest BCUT2D eigenvalue weighted by Gasteiger charge is -2.08. The Bertz CT molecular complexity index is 459. The summed E-state index contributed by atoms with van der Waals surface area (Å²) in [5.41, 5.74) is 1.52. The fourth-order valence-electron chi connectivity index (χ4n) is 0.911. The fourth-order valence-corrected chi connectivity index (χ4v) is 3.12. The molecule has 17 heavy (non-hydrogen) atoms. The predicted octanol–water partition coefficient (Wildman–Crippen LogP) is 3.39. The van der Waals surface area contributed by atoms with E-state index in [1.54, 1.807) is 18.6 Å². The van der Waals surface area contributed by atoms with Crippen LogP contribution in [0.25, 0.3) is 4.91 Å². The lowest BCUT2D eigenvalue weighted by atomic mass is 10.2. The number of nitrogens with zero attached hydrogens (tertiary/aromatic N) is 2. The molecule has 0 atom stereocenters. The van der Waals surface area contributed by atoms with Gasteiger partial charge in [0.15, 0.2) is 5.12 Å². The van der Waals surface area contributed by atoms with Crippen molar-refractivity contribution in [2.24, 2.45) is 0 Å². The van der Waals surface area contributed by atoms with Gasteiger partial charge in [0.1, 0.15) is 0 Å². The zero-order valence-electron chi connectivity index (χ0n) is 9.21. The molecule has 0 unspecified atom stereocenters. The second-order valence-corrected chi connectivity index (χ2v) is 6.48. The van der Waals surface area contributed by atoms with Crippen molar-refractivity contribution in [1.29, 1.82) is 0 Å². The van der Waals surface area contributed by atoms with Gasteiger partial charge >= 0.3 is 0 Å². The minimum absolute atomic E-state index is 0.0225. The van der Waals surface area contributed by atoms with E-state index >= 15 is 0 Å². The number of carbonyl (C=O) groups excluding carboxylic acids is 1. The van der Waals surface area contributed by atoms with Gasteiger partial charge in [0.2, 0.25) is 0 Å². The molecule has 7 heteroatoms. The minimum Gasteiger partial charge on any atom is -0.287 e. The number of carbonyl (C=O) groups is 1. The van der Waals surface area contributed by atoms with Crippen molar-refractivity contribution < 1.29 is 4.79 Å². The molecule has 0 aliphatic heterocycles. The Morgan fingerprint density at radius 1 is 1.35 bits per heavy atom. The average Bonchev–Trinajstić information content (AvgIpc) is 2.30. The van der Waals surface area contributed by atoms with Crippen LogP contribution in [-0.2, 0) is 4.79 Å². The summed E-state index contributed by atoms with van der Waals surface area (Å²) in [6.07, 6.45) is 4.83. The first-order valence-electron chi connectivity index (χ1n) is 4.58. The van der Waals surface area contributed by atoms with Gasteiger partial charge in [-0.05, 0) is 34.1 Å². The summed E-state index contributed by atoms with van der Waals surface area (Å²) in [5.74, 6) is 0. The van der Waals surface area contributed by atoms with E-state index in [4.69, 9.17) is 12.2 Å². The highest BCUT2D eigenvalue weighted by molar-refractivity contribution is 8.85. The van der Waals surface area contributed by atoms with E-state index in [9.17, 15) is 4.79 Å². The maximum atomic E-state index is 11.0. The van der Waals surface area contributed by atoms with Gasteiger partial charge in [-0.1, -0.05) is 12.2 Å². The zero-order chi connectivity index (χ0) is 12.8. The van der Waals surface area contributed by atoms with Gasteiger partial charge in [0.25, 0.3) is 0 Å². The first-order valence-corrected chi connectivity index (χ1v) is 7.58. The predicted molar refractivity (Wildman–Crippen MR) is 82.1 cm³/mol. The normalized spacial score (nSPS) is 11.9. The lowest BCUT2D eigenvalue weighted by Crippen LogP contribution is -1.94. The van der Waals surface area contributed by atoms with Crippen LogP contribution >= 0.6 is 46.4 Å². The van der Waals surface area contributed by atoms with Crippen molar-refractivity contribution in [3.05, 3.63) is 29.9 Å². The van der Waals surface area contributed by atoms with Gasteiger partial charge in [-0.2, -0.15) is 0 Å². The van der Waals surface area contributed by atoms with E-state index in [2.05, 4.69) is 22.6 Å². The molecule has 3 nitrogen and oxygen atoms in total. The molecular weight excluding hydrogens is 292 g/mol. The summed E-state index contributed by atoms with van der Waals surface area (Å²) in [7, 11) is 2.47. The van der Waals surface area contributed by atoms with Crippen LogP contribution in [0.15, 0.2) is 24.2 Å². The molecule has 0 amide bonds. The number of thiol groups is 1. The molecule has 90 valence electrons. The van der Waals surface area contributed by atoms with Gasteiger partial charge in [0.05, 0.1) is 21.0 Å². The molecule has 0 fully saturated rings. The largest absolute Gasteiger partial charge is 0.287 e. The molecular formula is C10H10N2OS4. The molecule has 0 bridgehead atoms. The Kier molecular flexibility index (Phi) is 6.18. The van der Waals surface area contributed by atoms with E-state index in [0.717, 1.165) is 21.3 Å². The molecule has 0 radical (unpaired) electrons. The SMILES string of the molecule is CC(=O)SS/C(=C(/C)C(=S)S)c1cnccn1. The third kappa shape index (κ3) is 4.79. The van der Waals surface area contributed by atoms with Gasteiger partial charge in [-0.25, -0.2) is 0 Å². The fraction of sp³-hybridized carbons (Fsp3) is 0.200. The van der Waals surface area contributed by atoms with Crippen molar-refractivity contribution in [2.75, 3.05) is 0 Å². The highest BCUT2D eigenvalue weighted by atomic mass is 33.1. The van der Waals surface area contributed by atoms with Crippen molar-refractivity contribution in [3.8, 4) is 0 Å². The summed E-state index contributed by atoms with van der Waals surface area (Å²) in [6.45, 7) is 3.37. The Labute approximate surface area is 119 Å². The van der Waals surface area contributed by atoms with Gasteiger partial charge in [0, 0.05) is 19.3 Å². The van der Waals surface area contributed by atoms with Crippen LogP contribution < -0.4 is 0 Å². The summed E-state index contributed by atoms with van der Waals surface area (Å²) in [4.78, 5) is 20.0. The number of rotatable bonds is 4. The molecule has 0 aliphatic rings. The third-order valence-electron chi connectivity index (χ3n) is 1.70. The minimum atomic E-state index is 0.0225. The number of hydrogen-bond donors (Lipinski definition) is 1. The summed E-state index contributed by atoms with van der Waals surface area (Å²) in [6, 6.07) is 0. The molecule has 1 aromatic rings. The molecule has 0 saturated heterocycles. The van der Waals surface area contributed by atoms with Gasteiger partial charge < -0.3 is 0 Å². The topological polar surface area (TPSA) is 42.9 Å². The van der Waals surface area contributed by atoms with E-state index < -0.39 is 0 Å². The Morgan fingerprint density at radius 2 is 2.06 bits per heavy atom. The average molecular weight is 302 g/mol. The van der Waals surface area contributed by atoms with Crippen LogP contribution in [0.3, 0.4) is 0 Å². The first kappa shape index (κ1) is 14.7. The number of hydrogen-bond acceptors (Lipinski definition) is 6.